The minimum atomic E-state index is -0.892. The topological polar surface area (TPSA) is 67.9 Å². The Balaban J connectivity index is 1.77. The maximum Gasteiger partial charge on any atom is 0.282 e. The van der Waals surface area contributed by atoms with Gasteiger partial charge in [0.15, 0.2) is 0 Å². The molecule has 0 saturated heterocycles. The number of hydrogen-bond donors (Lipinski definition) is 1. The van der Waals surface area contributed by atoms with Crippen LogP contribution in [0.3, 0.4) is 0 Å². The van der Waals surface area contributed by atoms with Crippen molar-refractivity contribution >= 4 is 28.8 Å². The van der Waals surface area contributed by atoms with Crippen molar-refractivity contribution in [1.82, 2.24) is 0 Å². The van der Waals surface area contributed by atoms with Gasteiger partial charge in [0.1, 0.15) is 28.8 Å². The summed E-state index contributed by atoms with van der Waals surface area (Å²) in [5, 5.41) is 2.98. The van der Waals surface area contributed by atoms with Crippen LogP contribution in [0.1, 0.15) is 19.4 Å². The Hall–Kier alpha value is -4.20. The molecule has 0 saturated carbocycles. The third-order valence-corrected chi connectivity index (χ3v) is 5.12. The first-order chi connectivity index (χ1) is 16.4. The average molecular weight is 464 g/mol. The first-order valence-electron chi connectivity index (χ1n) is 10.7. The Morgan fingerprint density at radius 2 is 1.38 bits per heavy atom. The van der Waals surface area contributed by atoms with E-state index in [0.717, 1.165) is 18.2 Å². The lowest BCUT2D eigenvalue weighted by atomic mass is 10.0. The predicted octanol–water partition coefficient (Wildman–Crippen LogP) is 5.16. The first-order valence-corrected chi connectivity index (χ1v) is 10.7. The molecule has 1 aliphatic rings. The molecule has 0 aromatic heterocycles. The van der Waals surface area contributed by atoms with E-state index in [2.05, 4.69) is 5.32 Å². The molecule has 1 heterocycles. The van der Waals surface area contributed by atoms with E-state index < -0.39 is 29.1 Å². The number of benzene rings is 3. The van der Waals surface area contributed by atoms with E-state index in [1.165, 1.54) is 0 Å². The van der Waals surface area contributed by atoms with Crippen LogP contribution in [0.5, 0.6) is 11.5 Å². The van der Waals surface area contributed by atoms with Gasteiger partial charge in [-0.1, -0.05) is 12.1 Å². The number of rotatable bonds is 8. The van der Waals surface area contributed by atoms with Crippen LogP contribution in [0.2, 0.25) is 0 Å². The van der Waals surface area contributed by atoms with E-state index in [9.17, 15) is 18.4 Å². The number of amides is 2. The molecule has 3 aromatic rings. The van der Waals surface area contributed by atoms with Crippen molar-refractivity contribution in [3.63, 3.8) is 0 Å². The summed E-state index contributed by atoms with van der Waals surface area (Å²) in [6, 6.07) is 16.0. The van der Waals surface area contributed by atoms with Crippen molar-refractivity contribution < 1.29 is 27.8 Å². The summed E-state index contributed by atoms with van der Waals surface area (Å²) in [7, 11) is 0. The lowest BCUT2D eigenvalue weighted by Crippen LogP contribution is -2.33. The molecule has 0 unspecified atom stereocenters. The Kier molecular flexibility index (Phi) is 6.58. The molecule has 0 spiro atoms. The fourth-order valence-electron chi connectivity index (χ4n) is 3.62. The highest BCUT2D eigenvalue weighted by Crippen LogP contribution is 2.35. The number of nitrogens with one attached hydrogen (secondary N) is 1. The number of carbonyl (C=O) groups is 2. The molecule has 1 aliphatic heterocycles. The highest BCUT2D eigenvalue weighted by atomic mass is 19.1. The molecule has 4 rings (SSSR count). The third-order valence-electron chi connectivity index (χ3n) is 5.12. The number of imide groups is 1. The van der Waals surface area contributed by atoms with Crippen LogP contribution in [-0.4, -0.2) is 25.0 Å². The van der Waals surface area contributed by atoms with Crippen LogP contribution >= 0.6 is 0 Å². The molecule has 6 nitrogen and oxygen atoms in total. The molecule has 174 valence electrons. The minimum absolute atomic E-state index is 0.0330. The van der Waals surface area contributed by atoms with Crippen molar-refractivity contribution in [1.29, 1.82) is 0 Å². The zero-order chi connectivity index (χ0) is 24.2. The molecule has 0 fully saturated rings. The minimum Gasteiger partial charge on any atom is -0.494 e. The Labute approximate surface area is 195 Å². The number of anilines is 2. The normalized spacial score (nSPS) is 13.5. The summed E-state index contributed by atoms with van der Waals surface area (Å²) in [4.78, 5) is 27.4. The second kappa shape index (κ2) is 9.74. The largest absolute Gasteiger partial charge is 0.494 e. The molecular weight excluding hydrogens is 442 g/mol. The van der Waals surface area contributed by atoms with Gasteiger partial charge in [0.05, 0.1) is 24.5 Å². The van der Waals surface area contributed by atoms with Gasteiger partial charge in [-0.25, -0.2) is 13.7 Å². The maximum atomic E-state index is 14.5. The van der Waals surface area contributed by atoms with Gasteiger partial charge in [-0.3, -0.25) is 9.59 Å². The number of hydrogen-bond acceptors (Lipinski definition) is 5. The summed E-state index contributed by atoms with van der Waals surface area (Å²) in [6.07, 6.45) is 0. The van der Waals surface area contributed by atoms with E-state index in [4.69, 9.17) is 9.47 Å². The molecule has 3 aromatic carbocycles. The van der Waals surface area contributed by atoms with Gasteiger partial charge in [0, 0.05) is 11.8 Å². The zero-order valence-corrected chi connectivity index (χ0v) is 18.6. The number of ether oxygens (including phenoxy) is 2. The molecule has 0 atom stereocenters. The van der Waals surface area contributed by atoms with Crippen molar-refractivity contribution in [2.24, 2.45) is 0 Å². The van der Waals surface area contributed by atoms with E-state index in [-0.39, 0.29) is 11.3 Å². The molecule has 8 heteroatoms. The lowest BCUT2D eigenvalue weighted by Gasteiger charge is -2.16. The summed E-state index contributed by atoms with van der Waals surface area (Å²) >= 11 is 0. The zero-order valence-electron chi connectivity index (χ0n) is 18.6. The quantitative estimate of drug-likeness (QED) is 0.467. The van der Waals surface area contributed by atoms with E-state index in [0.29, 0.717) is 40.9 Å². The van der Waals surface area contributed by atoms with Gasteiger partial charge in [0.25, 0.3) is 11.8 Å². The Bertz CT molecular complexity index is 1250. The van der Waals surface area contributed by atoms with Crippen LogP contribution in [0.25, 0.3) is 5.57 Å². The average Bonchev–Trinajstić information content (AvgIpc) is 3.07. The predicted molar refractivity (Wildman–Crippen MR) is 125 cm³/mol. The first kappa shape index (κ1) is 23.0. The SMILES string of the molecule is CCOc1ccc(NC2=C(c3ccc(OCC)cc3)C(=O)N(c3cc(F)ccc3F)C2=O)cc1. The monoisotopic (exact) mass is 464 g/mol. The highest BCUT2D eigenvalue weighted by Gasteiger charge is 2.41. The molecular formula is C26H22F2N2O4. The van der Waals surface area contributed by atoms with Gasteiger partial charge in [-0.15, -0.1) is 0 Å². The molecule has 2 amide bonds. The molecule has 0 aliphatic carbocycles. The second-order valence-electron chi connectivity index (χ2n) is 7.33. The van der Waals surface area contributed by atoms with E-state index in [1.54, 1.807) is 48.5 Å². The summed E-state index contributed by atoms with van der Waals surface area (Å²) in [5.41, 5.74) is 0.466. The summed E-state index contributed by atoms with van der Waals surface area (Å²) in [5.74, 6) is -1.99. The summed E-state index contributed by atoms with van der Waals surface area (Å²) in [6.45, 7) is 4.68. The van der Waals surface area contributed by atoms with E-state index in [1.807, 2.05) is 13.8 Å². The third kappa shape index (κ3) is 4.47. The smallest absolute Gasteiger partial charge is 0.282 e. The van der Waals surface area contributed by atoms with Crippen LogP contribution in [0.4, 0.5) is 20.2 Å². The Morgan fingerprint density at radius 3 is 1.97 bits per heavy atom. The standard InChI is InChI=1S/C26H22F2N2O4/c1-3-33-19-10-5-16(6-11-19)23-24(29-18-8-12-20(13-9-18)34-4-2)26(32)30(25(23)31)22-15-17(27)7-14-21(22)28/h5-15,29H,3-4H2,1-2H3. The molecule has 0 bridgehead atoms. The maximum absolute atomic E-state index is 14.5. The van der Waals surface area contributed by atoms with Crippen LogP contribution in [0, 0.1) is 11.6 Å². The van der Waals surface area contributed by atoms with Crippen molar-refractivity contribution in [2.75, 3.05) is 23.4 Å². The van der Waals surface area contributed by atoms with Crippen molar-refractivity contribution in [3.8, 4) is 11.5 Å². The number of nitrogens with zero attached hydrogens (tertiary/aromatic N) is 1. The lowest BCUT2D eigenvalue weighted by molar-refractivity contribution is -0.120. The van der Waals surface area contributed by atoms with Gasteiger partial charge < -0.3 is 14.8 Å². The van der Waals surface area contributed by atoms with Crippen molar-refractivity contribution in [2.45, 2.75) is 13.8 Å². The van der Waals surface area contributed by atoms with Crippen LogP contribution in [-0.2, 0) is 9.59 Å². The molecule has 0 radical (unpaired) electrons. The van der Waals surface area contributed by atoms with Gasteiger partial charge >= 0.3 is 0 Å². The van der Waals surface area contributed by atoms with Crippen LogP contribution < -0.4 is 19.7 Å². The highest BCUT2D eigenvalue weighted by molar-refractivity contribution is 6.46. The van der Waals surface area contributed by atoms with Crippen molar-refractivity contribution in [3.05, 3.63) is 89.6 Å². The van der Waals surface area contributed by atoms with Crippen LogP contribution in [0.15, 0.2) is 72.4 Å². The number of halogens is 2. The van der Waals surface area contributed by atoms with Gasteiger partial charge in [-0.05, 0) is 67.9 Å². The van der Waals surface area contributed by atoms with Gasteiger partial charge in [-0.2, -0.15) is 0 Å². The fraction of sp³-hybridized carbons (Fsp3) is 0.154. The Morgan fingerprint density at radius 1 is 0.794 bits per heavy atom. The molecule has 34 heavy (non-hydrogen) atoms. The van der Waals surface area contributed by atoms with E-state index >= 15 is 0 Å². The van der Waals surface area contributed by atoms with Gasteiger partial charge in [0.2, 0.25) is 0 Å². The second-order valence-corrected chi connectivity index (χ2v) is 7.33. The fourth-order valence-corrected chi connectivity index (χ4v) is 3.62. The number of carbonyl (C=O) groups excluding carboxylic acids is 2. The summed E-state index contributed by atoms with van der Waals surface area (Å²) < 4.78 is 39.3. The molecule has 1 N–H and O–H groups in total.